The van der Waals surface area contributed by atoms with E-state index in [4.69, 9.17) is 10.8 Å². The Bertz CT molecular complexity index is 683. The zero-order valence-electron chi connectivity index (χ0n) is 11.4. The van der Waals surface area contributed by atoms with E-state index < -0.39 is 5.97 Å². The number of methoxy groups -OCH3 is 1. The van der Waals surface area contributed by atoms with Gasteiger partial charge in [0.05, 0.1) is 13.2 Å². The first kappa shape index (κ1) is 14.4. The van der Waals surface area contributed by atoms with Gasteiger partial charge in [0, 0.05) is 4.91 Å². The molecule has 1 atom stereocenters. The lowest BCUT2D eigenvalue weighted by Gasteiger charge is -2.16. The average Bonchev–Trinajstić information content (AvgIpc) is 2.91. The number of esters is 1. The maximum Gasteiger partial charge on any atom is 0.350 e. The second-order valence-corrected chi connectivity index (χ2v) is 4.45. The van der Waals surface area contributed by atoms with E-state index in [9.17, 15) is 4.79 Å². The molecule has 106 valence electrons. The topological polar surface area (TPSA) is 111 Å². The van der Waals surface area contributed by atoms with Crippen LogP contribution in [0.1, 0.15) is 23.6 Å². The zero-order chi connectivity index (χ0) is 15.2. The second kappa shape index (κ2) is 6.46. The second-order valence-electron chi connectivity index (χ2n) is 4.45. The summed E-state index contributed by atoms with van der Waals surface area (Å²) >= 11 is 0. The van der Waals surface area contributed by atoms with Crippen LogP contribution in [0.15, 0.2) is 40.8 Å². The van der Waals surface area contributed by atoms with Crippen molar-refractivity contribution in [1.29, 1.82) is 5.26 Å². The molecule has 0 radical (unpaired) electrons. The Kier molecular flexibility index (Phi) is 4.44. The van der Waals surface area contributed by atoms with Gasteiger partial charge in [-0.1, -0.05) is 24.3 Å². The van der Waals surface area contributed by atoms with Crippen molar-refractivity contribution in [1.82, 2.24) is 5.32 Å². The highest BCUT2D eigenvalue weighted by Gasteiger charge is 2.24. The number of nitrogens with one attached hydrogen (secondary N) is 1. The van der Waals surface area contributed by atoms with Crippen LogP contribution in [0.25, 0.3) is 10.4 Å². The van der Waals surface area contributed by atoms with Crippen LogP contribution in [0.2, 0.25) is 0 Å². The molecule has 1 aromatic rings. The fraction of sp³-hybridized carbons (Fsp3) is 0.286. The molecule has 7 heteroatoms. The van der Waals surface area contributed by atoms with Crippen LogP contribution in [-0.2, 0) is 16.0 Å². The Hall–Kier alpha value is -2.97. The van der Waals surface area contributed by atoms with Crippen molar-refractivity contribution in [2.45, 2.75) is 18.9 Å². The van der Waals surface area contributed by atoms with E-state index in [-0.39, 0.29) is 17.4 Å². The van der Waals surface area contributed by atoms with Crippen molar-refractivity contribution < 1.29 is 9.53 Å². The van der Waals surface area contributed by atoms with Crippen molar-refractivity contribution in [2.24, 2.45) is 5.11 Å². The fourth-order valence-corrected chi connectivity index (χ4v) is 2.37. The van der Waals surface area contributed by atoms with E-state index in [0.29, 0.717) is 0 Å². The number of benzene rings is 1. The van der Waals surface area contributed by atoms with Gasteiger partial charge in [0.15, 0.2) is 5.57 Å². The largest absolute Gasteiger partial charge is 0.465 e. The van der Waals surface area contributed by atoms with E-state index >= 15 is 0 Å². The molecule has 0 heterocycles. The van der Waals surface area contributed by atoms with Gasteiger partial charge in [-0.05, 0) is 34.6 Å². The van der Waals surface area contributed by atoms with Crippen molar-refractivity contribution in [3.63, 3.8) is 0 Å². The molecule has 0 saturated carbocycles. The molecular weight excluding hydrogens is 270 g/mol. The summed E-state index contributed by atoms with van der Waals surface area (Å²) in [6.45, 7) is 0. The molecule has 0 bridgehead atoms. The summed E-state index contributed by atoms with van der Waals surface area (Å²) in [4.78, 5) is 14.2. The quantitative estimate of drug-likeness (QED) is 0.228. The smallest absolute Gasteiger partial charge is 0.350 e. The number of hydrogen-bond donors (Lipinski definition) is 1. The first-order chi connectivity index (χ1) is 10.2. The van der Waals surface area contributed by atoms with E-state index in [1.807, 2.05) is 24.3 Å². The monoisotopic (exact) mass is 283 g/mol. The number of aryl methyl sites for hydroxylation is 1. The Morgan fingerprint density at radius 2 is 2.33 bits per heavy atom. The van der Waals surface area contributed by atoms with Gasteiger partial charge in [0.25, 0.3) is 0 Å². The Labute approximate surface area is 121 Å². The number of carbonyl (C=O) groups excluding carboxylic acids is 1. The Morgan fingerprint density at radius 1 is 1.57 bits per heavy atom. The molecule has 0 saturated heterocycles. The number of carbonyl (C=O) groups is 1. The summed E-state index contributed by atoms with van der Waals surface area (Å²) in [5, 5.41) is 15.5. The van der Waals surface area contributed by atoms with Crippen LogP contribution >= 0.6 is 0 Å². The molecule has 1 unspecified atom stereocenters. The number of azide groups is 1. The van der Waals surface area contributed by atoms with E-state index in [1.54, 1.807) is 6.07 Å². The standard InChI is InChI=1S/C14H13N5O2/c1-21-14(20)11(8-15)13(18-19-16)17-12-7-6-9-4-2-3-5-10(9)12/h2-5,12,17H,6-7H2,1H3/b13-11+. The predicted molar refractivity (Wildman–Crippen MR) is 74.4 cm³/mol. The highest BCUT2D eigenvalue weighted by atomic mass is 16.5. The minimum Gasteiger partial charge on any atom is -0.465 e. The van der Waals surface area contributed by atoms with Crippen molar-refractivity contribution in [3.8, 4) is 6.07 Å². The van der Waals surface area contributed by atoms with Crippen LogP contribution in [0.5, 0.6) is 0 Å². The number of ether oxygens (including phenoxy) is 1. The Morgan fingerprint density at radius 3 is 3.00 bits per heavy atom. The van der Waals surface area contributed by atoms with E-state index in [2.05, 4.69) is 20.1 Å². The van der Waals surface area contributed by atoms with Crippen LogP contribution in [0.4, 0.5) is 0 Å². The highest BCUT2D eigenvalue weighted by Crippen LogP contribution is 2.31. The zero-order valence-corrected chi connectivity index (χ0v) is 11.4. The third-order valence-electron chi connectivity index (χ3n) is 3.33. The molecule has 1 N–H and O–H groups in total. The van der Waals surface area contributed by atoms with Gasteiger partial charge in [0.2, 0.25) is 0 Å². The summed E-state index contributed by atoms with van der Waals surface area (Å²) in [7, 11) is 1.16. The van der Waals surface area contributed by atoms with E-state index in [1.165, 1.54) is 5.56 Å². The number of nitrogens with zero attached hydrogens (tertiary/aromatic N) is 4. The molecule has 0 aliphatic heterocycles. The SMILES string of the molecule is COC(=O)/C(C#N)=C(/N=[N+]=[N-])NC1CCc2ccccc21. The Balaban J connectivity index is 2.35. The summed E-state index contributed by atoms with van der Waals surface area (Å²) < 4.78 is 4.52. The van der Waals surface area contributed by atoms with Gasteiger partial charge >= 0.3 is 5.97 Å². The summed E-state index contributed by atoms with van der Waals surface area (Å²) in [5.41, 5.74) is 10.6. The molecule has 0 amide bonds. The maximum atomic E-state index is 11.6. The number of rotatable bonds is 4. The van der Waals surface area contributed by atoms with Crippen molar-refractivity contribution >= 4 is 5.97 Å². The van der Waals surface area contributed by atoms with Crippen LogP contribution in [0.3, 0.4) is 0 Å². The van der Waals surface area contributed by atoms with E-state index in [0.717, 1.165) is 25.5 Å². The molecule has 1 aromatic carbocycles. The lowest BCUT2D eigenvalue weighted by atomic mass is 10.1. The van der Waals surface area contributed by atoms with Gasteiger partial charge in [0.1, 0.15) is 11.9 Å². The lowest BCUT2D eigenvalue weighted by Crippen LogP contribution is -2.21. The molecule has 0 spiro atoms. The highest BCUT2D eigenvalue weighted by molar-refractivity contribution is 5.93. The first-order valence-corrected chi connectivity index (χ1v) is 6.33. The molecule has 7 nitrogen and oxygen atoms in total. The van der Waals surface area contributed by atoms with Gasteiger partial charge in [-0.15, -0.1) is 0 Å². The summed E-state index contributed by atoms with van der Waals surface area (Å²) in [6, 6.07) is 9.49. The number of hydrogen-bond acceptors (Lipinski definition) is 5. The number of nitriles is 1. The lowest BCUT2D eigenvalue weighted by molar-refractivity contribution is -0.135. The molecule has 0 aromatic heterocycles. The summed E-state index contributed by atoms with van der Waals surface area (Å²) in [5.74, 6) is -0.938. The third-order valence-corrected chi connectivity index (χ3v) is 3.33. The van der Waals surface area contributed by atoms with Gasteiger partial charge in [-0.2, -0.15) is 5.26 Å². The first-order valence-electron chi connectivity index (χ1n) is 6.33. The maximum absolute atomic E-state index is 11.6. The molecule has 1 aliphatic carbocycles. The van der Waals surface area contributed by atoms with Crippen LogP contribution in [0, 0.1) is 11.3 Å². The van der Waals surface area contributed by atoms with Gasteiger partial charge in [-0.25, -0.2) is 4.79 Å². The molecule has 1 aliphatic rings. The van der Waals surface area contributed by atoms with Gasteiger partial charge in [-0.3, -0.25) is 0 Å². The average molecular weight is 283 g/mol. The van der Waals surface area contributed by atoms with Gasteiger partial charge < -0.3 is 10.1 Å². The van der Waals surface area contributed by atoms with Crippen molar-refractivity contribution in [2.75, 3.05) is 7.11 Å². The predicted octanol–water partition coefficient (Wildman–Crippen LogP) is 2.48. The summed E-state index contributed by atoms with van der Waals surface area (Å²) in [6.07, 6.45) is 1.68. The molecule has 21 heavy (non-hydrogen) atoms. The minimum atomic E-state index is -0.835. The fourth-order valence-electron chi connectivity index (χ4n) is 2.37. The third kappa shape index (κ3) is 2.96. The normalized spacial score (nSPS) is 16.9. The molecule has 2 rings (SSSR count). The molecule has 0 fully saturated rings. The van der Waals surface area contributed by atoms with Crippen LogP contribution < -0.4 is 5.32 Å². The minimum absolute atomic E-state index is 0.102. The van der Waals surface area contributed by atoms with Crippen LogP contribution in [-0.4, -0.2) is 13.1 Å². The molecular formula is C14H13N5O2. The number of fused-ring (bicyclic) bond motifs is 1. The van der Waals surface area contributed by atoms with Crippen molar-refractivity contribution in [3.05, 3.63) is 57.2 Å².